The van der Waals surface area contributed by atoms with E-state index in [0.29, 0.717) is 17.5 Å². The van der Waals surface area contributed by atoms with Crippen LogP contribution < -0.4 is 5.48 Å². The Morgan fingerprint density at radius 2 is 2.07 bits per heavy atom. The summed E-state index contributed by atoms with van der Waals surface area (Å²) in [6, 6.07) is 0. The van der Waals surface area contributed by atoms with E-state index in [1.165, 1.54) is 32.1 Å². The first-order valence-electron chi connectivity index (χ1n) is 10.4. The molecule has 1 atom stereocenters. The van der Waals surface area contributed by atoms with Gasteiger partial charge in [-0.15, -0.1) is 5.10 Å². The number of tetrazole rings is 1. The molecule has 1 aliphatic rings. The topological polar surface area (TPSA) is 132 Å². The van der Waals surface area contributed by atoms with Crippen LogP contribution in [0.1, 0.15) is 90.4 Å². The molecule has 0 aliphatic heterocycles. The smallest absolute Gasteiger partial charge is 0.244 e. The number of nitrogens with zero attached hydrogens (tertiary/aromatic N) is 6. The van der Waals surface area contributed by atoms with Crippen molar-refractivity contribution in [2.24, 2.45) is 5.92 Å². The molecular formula is C19H31N7O3. The largest absolute Gasteiger partial charge is 0.339 e. The highest BCUT2D eigenvalue weighted by atomic mass is 16.5. The summed E-state index contributed by atoms with van der Waals surface area (Å²) in [5.74, 6) is 1.13. The molecule has 1 saturated carbocycles. The third-order valence-electron chi connectivity index (χ3n) is 5.54. The number of aromatic nitrogens is 6. The van der Waals surface area contributed by atoms with E-state index in [1.54, 1.807) is 10.2 Å². The zero-order chi connectivity index (χ0) is 20.9. The Hall–Kier alpha value is -2.36. The fourth-order valence-electron chi connectivity index (χ4n) is 3.98. The zero-order valence-corrected chi connectivity index (χ0v) is 17.5. The normalized spacial score (nSPS) is 16.7. The molecule has 1 aliphatic carbocycles. The van der Waals surface area contributed by atoms with Crippen molar-refractivity contribution in [1.29, 1.82) is 0 Å². The molecule has 2 aromatic heterocycles. The van der Waals surface area contributed by atoms with Crippen LogP contribution in [0.4, 0.5) is 0 Å². The van der Waals surface area contributed by atoms with E-state index < -0.39 is 5.91 Å². The maximum Gasteiger partial charge on any atom is 0.244 e. The number of carbonyl (C=O) groups is 1. The SMILES string of the molecule is CC(C)(C)n1nnnc1-c1noc(C(CCCC2CCCCC2)CC(=O)NO)n1. The molecule has 0 spiro atoms. The Morgan fingerprint density at radius 1 is 1.31 bits per heavy atom. The quantitative estimate of drug-likeness (QED) is 0.505. The molecule has 1 unspecified atom stereocenters. The van der Waals surface area contributed by atoms with Gasteiger partial charge in [0.15, 0.2) is 0 Å². The summed E-state index contributed by atoms with van der Waals surface area (Å²) in [6.45, 7) is 5.94. The van der Waals surface area contributed by atoms with Gasteiger partial charge in [0.2, 0.25) is 23.4 Å². The standard InChI is InChI=1S/C19H31N7O3/c1-19(2,3)26-17(21-24-25-26)16-20-18(29-23-16)14(12-15(27)22-28)11-7-10-13-8-5-4-6-9-13/h13-14,28H,4-12H2,1-3H3,(H,22,27). The summed E-state index contributed by atoms with van der Waals surface area (Å²) in [4.78, 5) is 16.3. The Labute approximate surface area is 170 Å². The number of rotatable bonds is 8. The van der Waals surface area contributed by atoms with E-state index in [0.717, 1.165) is 25.2 Å². The fourth-order valence-corrected chi connectivity index (χ4v) is 3.98. The lowest BCUT2D eigenvalue weighted by molar-refractivity contribution is -0.129. The minimum Gasteiger partial charge on any atom is -0.339 e. The van der Waals surface area contributed by atoms with Gasteiger partial charge < -0.3 is 4.52 Å². The van der Waals surface area contributed by atoms with Crippen LogP contribution in [-0.4, -0.2) is 41.5 Å². The lowest BCUT2D eigenvalue weighted by atomic mass is 9.84. The summed E-state index contributed by atoms with van der Waals surface area (Å²) in [5.41, 5.74) is 1.37. The Kier molecular flexibility index (Phi) is 6.94. The highest BCUT2D eigenvalue weighted by molar-refractivity contribution is 5.75. The lowest BCUT2D eigenvalue weighted by Gasteiger charge is -2.22. The lowest BCUT2D eigenvalue weighted by Crippen LogP contribution is -2.24. The second kappa shape index (κ2) is 9.43. The predicted molar refractivity (Wildman–Crippen MR) is 104 cm³/mol. The molecule has 10 heteroatoms. The molecule has 1 amide bonds. The van der Waals surface area contributed by atoms with Gasteiger partial charge in [-0.1, -0.05) is 50.1 Å². The number of hydrogen-bond donors (Lipinski definition) is 2. The molecule has 2 N–H and O–H groups in total. The van der Waals surface area contributed by atoms with Crippen LogP contribution in [0.25, 0.3) is 11.6 Å². The van der Waals surface area contributed by atoms with Gasteiger partial charge in [0.25, 0.3) is 0 Å². The van der Waals surface area contributed by atoms with Crippen LogP contribution in [0.2, 0.25) is 0 Å². The average Bonchev–Trinajstić information content (AvgIpc) is 3.37. The number of carbonyl (C=O) groups excluding carboxylic acids is 1. The molecule has 0 saturated heterocycles. The highest BCUT2D eigenvalue weighted by Crippen LogP contribution is 2.31. The summed E-state index contributed by atoms with van der Waals surface area (Å²) in [6.07, 6.45) is 9.51. The number of hydrogen-bond acceptors (Lipinski definition) is 8. The van der Waals surface area contributed by atoms with Crippen molar-refractivity contribution < 1.29 is 14.5 Å². The van der Waals surface area contributed by atoms with Gasteiger partial charge in [0.05, 0.1) is 5.54 Å². The number of nitrogens with one attached hydrogen (secondary N) is 1. The van der Waals surface area contributed by atoms with Gasteiger partial charge in [-0.25, -0.2) is 10.2 Å². The molecule has 3 rings (SSSR count). The van der Waals surface area contributed by atoms with E-state index in [2.05, 4.69) is 25.7 Å². The highest BCUT2D eigenvalue weighted by Gasteiger charge is 2.27. The Morgan fingerprint density at radius 3 is 2.76 bits per heavy atom. The first-order valence-corrected chi connectivity index (χ1v) is 10.4. The summed E-state index contributed by atoms with van der Waals surface area (Å²) < 4.78 is 7.11. The van der Waals surface area contributed by atoms with Gasteiger partial charge >= 0.3 is 0 Å². The van der Waals surface area contributed by atoms with Gasteiger partial charge in [-0.2, -0.15) is 4.98 Å². The van der Waals surface area contributed by atoms with Gasteiger partial charge in [0, 0.05) is 12.3 Å². The van der Waals surface area contributed by atoms with E-state index in [1.807, 2.05) is 20.8 Å². The van der Waals surface area contributed by atoms with Crippen molar-refractivity contribution in [3.8, 4) is 11.6 Å². The molecular weight excluding hydrogens is 374 g/mol. The fraction of sp³-hybridized carbons (Fsp3) is 0.789. The van der Waals surface area contributed by atoms with Crippen LogP contribution in [0.3, 0.4) is 0 Å². The molecule has 0 aromatic carbocycles. The van der Waals surface area contributed by atoms with Crippen molar-refractivity contribution in [1.82, 2.24) is 35.8 Å². The van der Waals surface area contributed by atoms with Gasteiger partial charge in [-0.05, 0) is 43.5 Å². The maximum absolute atomic E-state index is 11.8. The van der Waals surface area contributed by atoms with Gasteiger partial charge in [0.1, 0.15) is 0 Å². The Balaban J connectivity index is 1.71. The monoisotopic (exact) mass is 405 g/mol. The number of amides is 1. The molecule has 10 nitrogen and oxygen atoms in total. The molecule has 0 radical (unpaired) electrons. The third kappa shape index (κ3) is 5.59. The second-order valence-electron chi connectivity index (χ2n) is 8.91. The van der Waals surface area contributed by atoms with E-state index >= 15 is 0 Å². The zero-order valence-electron chi connectivity index (χ0n) is 17.5. The minimum absolute atomic E-state index is 0.0903. The number of hydroxylamine groups is 1. The second-order valence-corrected chi connectivity index (χ2v) is 8.91. The van der Waals surface area contributed by atoms with Gasteiger partial charge in [-0.3, -0.25) is 10.0 Å². The van der Waals surface area contributed by atoms with Crippen LogP contribution >= 0.6 is 0 Å². The molecule has 1 fully saturated rings. The predicted octanol–water partition coefficient (Wildman–Crippen LogP) is 3.21. The Bertz CT molecular complexity index is 790. The van der Waals surface area contributed by atoms with Crippen molar-refractivity contribution in [2.75, 3.05) is 0 Å². The van der Waals surface area contributed by atoms with Crippen LogP contribution in [0.15, 0.2) is 4.52 Å². The molecule has 29 heavy (non-hydrogen) atoms. The molecule has 0 bridgehead atoms. The van der Waals surface area contributed by atoms with Crippen LogP contribution in [0, 0.1) is 5.92 Å². The maximum atomic E-state index is 11.8. The minimum atomic E-state index is -0.466. The molecule has 2 aromatic rings. The summed E-state index contributed by atoms with van der Waals surface area (Å²) in [5, 5.41) is 24.8. The van der Waals surface area contributed by atoms with Crippen molar-refractivity contribution in [3.63, 3.8) is 0 Å². The first kappa shape index (κ1) is 21.4. The van der Waals surface area contributed by atoms with Crippen molar-refractivity contribution in [3.05, 3.63) is 5.89 Å². The molecule has 160 valence electrons. The summed E-state index contributed by atoms with van der Waals surface area (Å²) >= 11 is 0. The first-order chi connectivity index (χ1) is 13.9. The average molecular weight is 406 g/mol. The van der Waals surface area contributed by atoms with Crippen molar-refractivity contribution in [2.45, 2.75) is 90.0 Å². The van der Waals surface area contributed by atoms with E-state index in [9.17, 15) is 4.79 Å². The van der Waals surface area contributed by atoms with Crippen LogP contribution in [-0.2, 0) is 10.3 Å². The van der Waals surface area contributed by atoms with E-state index in [4.69, 9.17) is 9.73 Å². The third-order valence-corrected chi connectivity index (χ3v) is 5.54. The van der Waals surface area contributed by atoms with Crippen molar-refractivity contribution >= 4 is 5.91 Å². The van der Waals surface area contributed by atoms with E-state index in [-0.39, 0.29) is 17.9 Å². The van der Waals surface area contributed by atoms with Crippen LogP contribution in [0.5, 0.6) is 0 Å². The molecule has 2 heterocycles. The summed E-state index contributed by atoms with van der Waals surface area (Å²) in [7, 11) is 0.